The van der Waals surface area contributed by atoms with Crippen molar-refractivity contribution in [2.75, 3.05) is 31.1 Å². The second kappa shape index (κ2) is 5.59. The number of phenolic OH excluding ortho intramolecular Hbond substituents is 1. The normalized spacial score (nSPS) is 16.7. The van der Waals surface area contributed by atoms with Crippen molar-refractivity contribution in [1.82, 2.24) is 9.88 Å². The molecule has 2 heterocycles. The van der Waals surface area contributed by atoms with E-state index in [0.29, 0.717) is 5.75 Å². The highest BCUT2D eigenvalue weighted by Gasteiger charge is 2.19. The standard InChI is InChI=1S/C14H17N3OS/c18-13-4-2-1-3-12(13)17-8-6-16(7-9-17)11-14-15-5-10-19-14/h1-5,10,18H,6-9,11H2. The molecule has 0 amide bonds. The minimum Gasteiger partial charge on any atom is -0.506 e. The molecule has 4 nitrogen and oxygen atoms in total. The number of piperazine rings is 1. The van der Waals surface area contributed by atoms with Gasteiger partial charge in [-0.1, -0.05) is 12.1 Å². The molecule has 100 valence electrons. The summed E-state index contributed by atoms with van der Waals surface area (Å²) >= 11 is 1.71. The van der Waals surface area contributed by atoms with E-state index in [0.717, 1.165) is 38.4 Å². The van der Waals surface area contributed by atoms with Crippen molar-refractivity contribution in [2.45, 2.75) is 6.54 Å². The third-order valence-electron chi connectivity index (χ3n) is 3.44. The fourth-order valence-corrected chi connectivity index (χ4v) is 3.06. The molecule has 0 bridgehead atoms. The first-order valence-electron chi connectivity index (χ1n) is 6.46. The van der Waals surface area contributed by atoms with Crippen LogP contribution in [0.3, 0.4) is 0 Å². The first kappa shape index (κ1) is 12.4. The molecule has 1 aromatic carbocycles. The maximum atomic E-state index is 9.87. The molecule has 1 aliphatic heterocycles. The fourth-order valence-electron chi connectivity index (χ4n) is 2.40. The van der Waals surface area contributed by atoms with E-state index in [4.69, 9.17) is 0 Å². The summed E-state index contributed by atoms with van der Waals surface area (Å²) in [7, 11) is 0. The van der Waals surface area contributed by atoms with E-state index in [1.807, 2.05) is 29.8 Å². The largest absolute Gasteiger partial charge is 0.506 e. The van der Waals surface area contributed by atoms with Gasteiger partial charge in [-0.15, -0.1) is 11.3 Å². The van der Waals surface area contributed by atoms with Gasteiger partial charge in [-0.2, -0.15) is 0 Å². The molecule has 19 heavy (non-hydrogen) atoms. The zero-order valence-electron chi connectivity index (χ0n) is 10.7. The summed E-state index contributed by atoms with van der Waals surface area (Å²) < 4.78 is 0. The van der Waals surface area contributed by atoms with Crippen molar-refractivity contribution in [3.8, 4) is 5.75 Å². The highest BCUT2D eigenvalue weighted by Crippen LogP contribution is 2.27. The minimum absolute atomic E-state index is 0.371. The van der Waals surface area contributed by atoms with Crippen LogP contribution in [0.4, 0.5) is 5.69 Å². The Labute approximate surface area is 116 Å². The number of para-hydroxylation sites is 2. The number of aromatic nitrogens is 1. The molecule has 0 radical (unpaired) electrons. The van der Waals surface area contributed by atoms with Crippen molar-refractivity contribution in [2.24, 2.45) is 0 Å². The predicted octanol–water partition coefficient (Wildman–Crippen LogP) is 2.17. The van der Waals surface area contributed by atoms with Gasteiger partial charge in [-0.25, -0.2) is 4.98 Å². The third kappa shape index (κ3) is 2.88. The molecule has 3 rings (SSSR count). The van der Waals surface area contributed by atoms with Crippen LogP contribution in [0.5, 0.6) is 5.75 Å². The van der Waals surface area contributed by atoms with E-state index in [1.54, 1.807) is 17.4 Å². The molecule has 0 saturated carbocycles. The molecule has 1 fully saturated rings. The van der Waals surface area contributed by atoms with Gasteiger partial charge in [-0.3, -0.25) is 4.90 Å². The van der Waals surface area contributed by atoms with Gasteiger partial charge >= 0.3 is 0 Å². The van der Waals surface area contributed by atoms with Gasteiger partial charge in [-0.05, 0) is 12.1 Å². The monoisotopic (exact) mass is 275 g/mol. The van der Waals surface area contributed by atoms with Gasteiger partial charge in [0, 0.05) is 37.8 Å². The summed E-state index contributed by atoms with van der Waals surface area (Å²) in [6.07, 6.45) is 1.86. The Kier molecular flexibility index (Phi) is 3.66. The van der Waals surface area contributed by atoms with Crippen LogP contribution in [0.25, 0.3) is 0 Å². The van der Waals surface area contributed by atoms with Crippen LogP contribution in [-0.4, -0.2) is 41.2 Å². The number of hydrogen-bond acceptors (Lipinski definition) is 5. The molecular weight excluding hydrogens is 258 g/mol. The maximum Gasteiger partial charge on any atom is 0.138 e. The Morgan fingerprint density at radius 1 is 1.16 bits per heavy atom. The average molecular weight is 275 g/mol. The molecule has 1 N–H and O–H groups in total. The number of rotatable bonds is 3. The van der Waals surface area contributed by atoms with Crippen LogP contribution in [0, 0.1) is 0 Å². The lowest BCUT2D eigenvalue weighted by Gasteiger charge is -2.35. The van der Waals surface area contributed by atoms with Crippen LogP contribution >= 0.6 is 11.3 Å². The SMILES string of the molecule is Oc1ccccc1N1CCN(Cc2nccs2)CC1. The average Bonchev–Trinajstić information content (AvgIpc) is 2.93. The summed E-state index contributed by atoms with van der Waals surface area (Å²) in [4.78, 5) is 8.98. The Morgan fingerprint density at radius 2 is 1.95 bits per heavy atom. The Bertz CT molecular complexity index is 521. The highest BCUT2D eigenvalue weighted by molar-refractivity contribution is 7.09. The van der Waals surface area contributed by atoms with E-state index in [9.17, 15) is 5.11 Å². The minimum atomic E-state index is 0.371. The van der Waals surface area contributed by atoms with Crippen LogP contribution in [0.1, 0.15) is 5.01 Å². The number of phenols is 1. The Hall–Kier alpha value is -1.59. The van der Waals surface area contributed by atoms with Gasteiger partial charge in [0.15, 0.2) is 0 Å². The Balaban J connectivity index is 1.59. The van der Waals surface area contributed by atoms with E-state index in [2.05, 4.69) is 14.8 Å². The lowest BCUT2D eigenvalue weighted by atomic mass is 10.2. The third-order valence-corrected chi connectivity index (χ3v) is 4.20. The fraction of sp³-hybridized carbons (Fsp3) is 0.357. The Morgan fingerprint density at radius 3 is 2.63 bits per heavy atom. The van der Waals surface area contributed by atoms with E-state index in [-0.39, 0.29) is 0 Å². The van der Waals surface area contributed by atoms with Crippen molar-refractivity contribution < 1.29 is 5.11 Å². The highest BCUT2D eigenvalue weighted by atomic mass is 32.1. The van der Waals surface area contributed by atoms with E-state index < -0.39 is 0 Å². The molecule has 0 spiro atoms. The van der Waals surface area contributed by atoms with Crippen molar-refractivity contribution >= 4 is 17.0 Å². The molecule has 0 aliphatic carbocycles. The predicted molar refractivity (Wildman–Crippen MR) is 77.7 cm³/mol. The zero-order chi connectivity index (χ0) is 13.1. The first-order valence-corrected chi connectivity index (χ1v) is 7.34. The molecule has 1 aromatic heterocycles. The lowest BCUT2D eigenvalue weighted by molar-refractivity contribution is 0.249. The van der Waals surface area contributed by atoms with Crippen molar-refractivity contribution in [3.63, 3.8) is 0 Å². The molecule has 0 atom stereocenters. The summed E-state index contributed by atoms with van der Waals surface area (Å²) in [6.45, 7) is 4.85. The maximum absolute atomic E-state index is 9.87. The molecule has 2 aromatic rings. The van der Waals surface area contributed by atoms with E-state index in [1.165, 1.54) is 5.01 Å². The zero-order valence-corrected chi connectivity index (χ0v) is 11.5. The molecule has 0 unspecified atom stereocenters. The number of hydrogen-bond donors (Lipinski definition) is 1. The second-order valence-corrected chi connectivity index (χ2v) is 5.66. The summed E-state index contributed by atoms with van der Waals surface area (Å²) in [5.74, 6) is 0.371. The number of thiazole rings is 1. The van der Waals surface area contributed by atoms with Gasteiger partial charge in [0.2, 0.25) is 0 Å². The summed E-state index contributed by atoms with van der Waals surface area (Å²) in [6, 6.07) is 7.55. The van der Waals surface area contributed by atoms with Gasteiger partial charge in [0.05, 0.1) is 12.2 Å². The second-order valence-electron chi connectivity index (χ2n) is 4.68. The quantitative estimate of drug-likeness (QED) is 0.932. The summed E-state index contributed by atoms with van der Waals surface area (Å²) in [5, 5.41) is 13.1. The van der Waals surface area contributed by atoms with Crippen molar-refractivity contribution in [3.05, 3.63) is 40.8 Å². The first-order chi connectivity index (χ1) is 9.33. The van der Waals surface area contributed by atoms with Crippen LogP contribution in [0.2, 0.25) is 0 Å². The van der Waals surface area contributed by atoms with Gasteiger partial charge in [0.25, 0.3) is 0 Å². The molecule has 1 aliphatic rings. The van der Waals surface area contributed by atoms with Crippen molar-refractivity contribution in [1.29, 1.82) is 0 Å². The van der Waals surface area contributed by atoms with Crippen LogP contribution in [0.15, 0.2) is 35.8 Å². The van der Waals surface area contributed by atoms with Crippen LogP contribution < -0.4 is 4.90 Å². The summed E-state index contributed by atoms with van der Waals surface area (Å²) in [5.41, 5.74) is 0.941. The van der Waals surface area contributed by atoms with Gasteiger partial charge in [0.1, 0.15) is 10.8 Å². The number of benzene rings is 1. The van der Waals surface area contributed by atoms with Gasteiger partial charge < -0.3 is 10.0 Å². The molecule has 1 saturated heterocycles. The molecule has 5 heteroatoms. The topological polar surface area (TPSA) is 39.6 Å². The van der Waals surface area contributed by atoms with Crippen LogP contribution in [-0.2, 0) is 6.54 Å². The smallest absolute Gasteiger partial charge is 0.138 e. The lowest BCUT2D eigenvalue weighted by Crippen LogP contribution is -2.45. The molecular formula is C14H17N3OS. The number of aromatic hydroxyl groups is 1. The number of anilines is 1. The number of nitrogens with zero attached hydrogens (tertiary/aromatic N) is 3. The van der Waals surface area contributed by atoms with E-state index >= 15 is 0 Å².